The average molecular weight is 287 g/mol. The Morgan fingerprint density at radius 1 is 1.29 bits per heavy atom. The molecule has 114 valence electrons. The third-order valence-electron chi connectivity index (χ3n) is 3.71. The molecule has 0 radical (unpaired) electrons. The van der Waals surface area contributed by atoms with Crippen LogP contribution in [0.25, 0.3) is 6.08 Å². The fourth-order valence-electron chi connectivity index (χ4n) is 2.37. The molecule has 3 heteroatoms. The van der Waals surface area contributed by atoms with Gasteiger partial charge in [0.05, 0.1) is 12.6 Å². The summed E-state index contributed by atoms with van der Waals surface area (Å²) in [6.07, 6.45) is 5.47. The molecule has 1 N–H and O–H groups in total. The zero-order valence-corrected chi connectivity index (χ0v) is 13.2. The molecule has 1 unspecified atom stereocenters. The van der Waals surface area contributed by atoms with E-state index in [2.05, 4.69) is 38.2 Å². The van der Waals surface area contributed by atoms with E-state index in [1.165, 1.54) is 5.56 Å². The molecule has 1 aromatic carbocycles. The molecule has 1 saturated heterocycles. The van der Waals surface area contributed by atoms with Crippen LogP contribution < -0.4 is 5.32 Å². The molecule has 1 atom stereocenters. The van der Waals surface area contributed by atoms with Gasteiger partial charge < -0.3 is 10.1 Å². The van der Waals surface area contributed by atoms with E-state index in [9.17, 15) is 4.79 Å². The predicted octanol–water partition coefficient (Wildman–Crippen LogP) is 3.29. The maximum Gasteiger partial charge on any atom is 0.244 e. The molecule has 0 spiro atoms. The van der Waals surface area contributed by atoms with Crippen LogP contribution in [0.5, 0.6) is 0 Å². The van der Waals surface area contributed by atoms with Gasteiger partial charge in [-0.2, -0.15) is 0 Å². The second kappa shape index (κ2) is 6.90. The van der Waals surface area contributed by atoms with Crippen LogP contribution in [-0.2, 0) is 14.9 Å². The minimum atomic E-state index is -0.0506. The summed E-state index contributed by atoms with van der Waals surface area (Å²) in [4.78, 5) is 11.9. The van der Waals surface area contributed by atoms with E-state index < -0.39 is 0 Å². The van der Waals surface area contributed by atoms with Crippen molar-refractivity contribution in [3.63, 3.8) is 0 Å². The quantitative estimate of drug-likeness (QED) is 0.866. The normalized spacial score (nSPS) is 19.7. The van der Waals surface area contributed by atoms with Gasteiger partial charge in [0, 0.05) is 12.7 Å². The van der Waals surface area contributed by atoms with Crippen LogP contribution >= 0.6 is 0 Å². The fourth-order valence-corrected chi connectivity index (χ4v) is 2.37. The maximum absolute atomic E-state index is 11.9. The lowest BCUT2D eigenvalue weighted by Crippen LogP contribution is -2.39. The Labute approximate surface area is 127 Å². The van der Waals surface area contributed by atoms with Gasteiger partial charge in [-0.3, -0.25) is 4.79 Å². The third-order valence-corrected chi connectivity index (χ3v) is 3.71. The van der Waals surface area contributed by atoms with E-state index in [-0.39, 0.29) is 17.4 Å². The van der Waals surface area contributed by atoms with Gasteiger partial charge in [0.2, 0.25) is 5.91 Å². The monoisotopic (exact) mass is 287 g/mol. The molecule has 21 heavy (non-hydrogen) atoms. The van der Waals surface area contributed by atoms with Gasteiger partial charge in [-0.1, -0.05) is 45.0 Å². The Bertz CT molecular complexity index is 491. The van der Waals surface area contributed by atoms with Crippen LogP contribution in [0, 0.1) is 0 Å². The lowest BCUT2D eigenvalue weighted by atomic mass is 9.87. The molecule has 1 aliphatic rings. The summed E-state index contributed by atoms with van der Waals surface area (Å²) in [5.74, 6) is -0.0506. The summed E-state index contributed by atoms with van der Waals surface area (Å²) in [7, 11) is 0. The van der Waals surface area contributed by atoms with Gasteiger partial charge in [-0.25, -0.2) is 0 Å². The number of carbonyl (C=O) groups excluding carboxylic acids is 1. The number of ether oxygens (including phenoxy) is 1. The molecule has 0 aliphatic carbocycles. The lowest BCUT2D eigenvalue weighted by molar-refractivity contribution is -0.118. The van der Waals surface area contributed by atoms with Crippen LogP contribution in [0.1, 0.15) is 44.7 Å². The van der Waals surface area contributed by atoms with Crippen LogP contribution in [0.4, 0.5) is 0 Å². The summed E-state index contributed by atoms with van der Waals surface area (Å²) in [6.45, 7) is 8.01. The first-order valence-corrected chi connectivity index (χ1v) is 7.62. The van der Waals surface area contributed by atoms with Crippen LogP contribution in [0.2, 0.25) is 0 Å². The van der Waals surface area contributed by atoms with E-state index in [0.29, 0.717) is 6.61 Å². The highest BCUT2D eigenvalue weighted by Crippen LogP contribution is 2.22. The number of amides is 1. The number of hydrogen-bond donors (Lipinski definition) is 1. The topological polar surface area (TPSA) is 38.3 Å². The lowest BCUT2D eigenvalue weighted by Gasteiger charge is -2.22. The van der Waals surface area contributed by atoms with Crippen molar-refractivity contribution in [3.8, 4) is 0 Å². The van der Waals surface area contributed by atoms with E-state index >= 15 is 0 Å². The first-order valence-electron chi connectivity index (χ1n) is 7.62. The van der Waals surface area contributed by atoms with Gasteiger partial charge in [-0.05, 0) is 35.5 Å². The average Bonchev–Trinajstić information content (AvgIpc) is 2.46. The molecule has 1 fully saturated rings. The number of rotatable bonds is 3. The van der Waals surface area contributed by atoms with Gasteiger partial charge in [0.1, 0.15) is 0 Å². The summed E-state index contributed by atoms with van der Waals surface area (Å²) < 4.78 is 5.35. The Balaban J connectivity index is 1.89. The molecule has 1 aliphatic heterocycles. The van der Waals surface area contributed by atoms with Crippen molar-refractivity contribution in [2.24, 2.45) is 0 Å². The largest absolute Gasteiger partial charge is 0.379 e. The fraction of sp³-hybridized carbons (Fsp3) is 0.500. The standard InChI is InChI=1S/C18H25NO2/c1-18(2,3)15-9-6-14(7-10-15)8-11-17(20)19-16-5-4-12-21-13-16/h6-11,16H,4-5,12-13H2,1-3H3,(H,19,20)/b11-8+. The van der Waals surface area contributed by atoms with Crippen LogP contribution in [0.3, 0.4) is 0 Å². The maximum atomic E-state index is 11.9. The van der Waals surface area contributed by atoms with Crippen molar-refractivity contribution >= 4 is 12.0 Å². The smallest absolute Gasteiger partial charge is 0.244 e. The van der Waals surface area contributed by atoms with Crippen molar-refractivity contribution in [2.75, 3.05) is 13.2 Å². The van der Waals surface area contributed by atoms with Crippen LogP contribution in [0.15, 0.2) is 30.3 Å². The van der Waals surface area contributed by atoms with Crippen molar-refractivity contribution in [2.45, 2.75) is 45.1 Å². The highest BCUT2D eigenvalue weighted by Gasteiger charge is 2.15. The Kier molecular flexibility index (Phi) is 5.18. The highest BCUT2D eigenvalue weighted by atomic mass is 16.5. The van der Waals surface area contributed by atoms with Gasteiger partial charge in [-0.15, -0.1) is 0 Å². The Hall–Kier alpha value is -1.61. The van der Waals surface area contributed by atoms with E-state index in [4.69, 9.17) is 4.74 Å². The van der Waals surface area contributed by atoms with Gasteiger partial charge >= 0.3 is 0 Å². The van der Waals surface area contributed by atoms with Gasteiger partial charge in [0.25, 0.3) is 0 Å². The summed E-state index contributed by atoms with van der Waals surface area (Å²) in [5.41, 5.74) is 2.49. The number of benzene rings is 1. The van der Waals surface area contributed by atoms with Crippen molar-refractivity contribution < 1.29 is 9.53 Å². The number of carbonyl (C=O) groups is 1. The second-order valence-electron chi connectivity index (χ2n) is 6.63. The molecule has 0 aromatic heterocycles. The van der Waals surface area contributed by atoms with Crippen molar-refractivity contribution in [3.05, 3.63) is 41.5 Å². The van der Waals surface area contributed by atoms with Crippen molar-refractivity contribution in [1.82, 2.24) is 5.32 Å². The molecular formula is C18H25NO2. The predicted molar refractivity (Wildman–Crippen MR) is 86.2 cm³/mol. The minimum Gasteiger partial charge on any atom is -0.379 e. The molecule has 1 aromatic rings. The van der Waals surface area contributed by atoms with E-state index in [0.717, 1.165) is 25.0 Å². The molecule has 1 heterocycles. The first-order chi connectivity index (χ1) is 9.95. The van der Waals surface area contributed by atoms with Gasteiger partial charge in [0.15, 0.2) is 0 Å². The van der Waals surface area contributed by atoms with Crippen molar-refractivity contribution in [1.29, 1.82) is 0 Å². The van der Waals surface area contributed by atoms with Crippen LogP contribution in [-0.4, -0.2) is 25.2 Å². The molecule has 1 amide bonds. The molecule has 0 bridgehead atoms. The molecule has 3 nitrogen and oxygen atoms in total. The summed E-state index contributed by atoms with van der Waals surface area (Å²) in [6, 6.07) is 8.49. The summed E-state index contributed by atoms with van der Waals surface area (Å²) in [5, 5.41) is 2.97. The minimum absolute atomic E-state index is 0.0506. The highest BCUT2D eigenvalue weighted by molar-refractivity contribution is 5.91. The number of hydrogen-bond acceptors (Lipinski definition) is 2. The molecule has 0 saturated carbocycles. The second-order valence-corrected chi connectivity index (χ2v) is 6.63. The zero-order chi connectivity index (χ0) is 15.3. The SMILES string of the molecule is CC(C)(C)c1ccc(/C=C/C(=O)NC2CCCOC2)cc1. The summed E-state index contributed by atoms with van der Waals surface area (Å²) >= 11 is 0. The molecule has 2 rings (SSSR count). The first kappa shape index (κ1) is 15.8. The third kappa shape index (κ3) is 5.01. The number of nitrogens with one attached hydrogen (secondary N) is 1. The Morgan fingerprint density at radius 2 is 2.00 bits per heavy atom. The van der Waals surface area contributed by atoms with E-state index in [1.807, 2.05) is 18.2 Å². The van der Waals surface area contributed by atoms with E-state index in [1.54, 1.807) is 6.08 Å². The zero-order valence-electron chi connectivity index (χ0n) is 13.2. The molecular weight excluding hydrogens is 262 g/mol. The Morgan fingerprint density at radius 3 is 2.57 bits per heavy atom.